The highest BCUT2D eigenvalue weighted by Gasteiger charge is 2.32. The smallest absolute Gasteiger partial charge is 0.243 e. The fourth-order valence-corrected chi connectivity index (χ4v) is 5.21. The van der Waals surface area contributed by atoms with Gasteiger partial charge >= 0.3 is 0 Å². The summed E-state index contributed by atoms with van der Waals surface area (Å²) in [4.78, 5) is 0.342. The number of piperidine rings is 1. The van der Waals surface area contributed by atoms with Crippen molar-refractivity contribution in [3.63, 3.8) is 0 Å². The zero-order valence-corrected chi connectivity index (χ0v) is 14.4. The molecule has 2 rings (SSSR count). The Kier molecular flexibility index (Phi) is 5.30. The Morgan fingerprint density at radius 2 is 2.10 bits per heavy atom. The summed E-state index contributed by atoms with van der Waals surface area (Å²) in [5, 5.41) is 3.52. The number of benzene rings is 1. The summed E-state index contributed by atoms with van der Waals surface area (Å²) in [5.74, 6) is 0. The van der Waals surface area contributed by atoms with Gasteiger partial charge in [-0.15, -0.1) is 0 Å². The Balaban J connectivity index is 2.49. The molecule has 0 saturated carbocycles. The van der Waals surface area contributed by atoms with E-state index < -0.39 is 10.0 Å². The van der Waals surface area contributed by atoms with Gasteiger partial charge in [-0.25, -0.2) is 8.42 Å². The molecule has 0 radical (unpaired) electrons. The molecular weight excluding hydrogens is 308 g/mol. The van der Waals surface area contributed by atoms with Gasteiger partial charge in [-0.1, -0.05) is 18.0 Å². The molecule has 1 atom stereocenters. The Morgan fingerprint density at radius 3 is 2.71 bits per heavy atom. The summed E-state index contributed by atoms with van der Waals surface area (Å²) < 4.78 is 27.6. The minimum atomic E-state index is -3.48. The number of hydrogen-bond acceptors (Lipinski definition) is 3. The standard InChI is InChI=1S/C15H23ClN2O2S/c1-11-6-4-5-7-18(11)21(19,20)15-9-14(16)8-13(10-17-3)12(15)2/h8-9,11,17H,4-7,10H2,1-3H3. The van der Waals surface area contributed by atoms with Crippen molar-refractivity contribution in [1.82, 2.24) is 9.62 Å². The highest BCUT2D eigenvalue weighted by atomic mass is 35.5. The van der Waals surface area contributed by atoms with Crippen LogP contribution in [-0.4, -0.2) is 32.4 Å². The maximum Gasteiger partial charge on any atom is 0.243 e. The summed E-state index contributed by atoms with van der Waals surface area (Å²) >= 11 is 6.13. The van der Waals surface area contributed by atoms with Gasteiger partial charge in [0.15, 0.2) is 0 Å². The van der Waals surface area contributed by atoms with Gasteiger partial charge in [0, 0.05) is 24.2 Å². The van der Waals surface area contributed by atoms with E-state index >= 15 is 0 Å². The van der Waals surface area contributed by atoms with E-state index in [1.54, 1.807) is 10.4 Å². The van der Waals surface area contributed by atoms with Crippen LogP contribution in [0.2, 0.25) is 5.02 Å². The molecule has 21 heavy (non-hydrogen) atoms. The molecule has 1 aromatic carbocycles. The van der Waals surface area contributed by atoms with E-state index in [9.17, 15) is 8.42 Å². The van der Waals surface area contributed by atoms with Crippen molar-refractivity contribution in [2.75, 3.05) is 13.6 Å². The SMILES string of the molecule is CNCc1cc(Cl)cc(S(=O)(=O)N2CCCCC2C)c1C. The van der Waals surface area contributed by atoms with Crippen LogP contribution in [0.15, 0.2) is 17.0 Å². The van der Waals surface area contributed by atoms with Crippen LogP contribution in [0.5, 0.6) is 0 Å². The maximum atomic E-state index is 13.0. The Morgan fingerprint density at radius 1 is 1.38 bits per heavy atom. The van der Waals surface area contributed by atoms with Crippen molar-refractivity contribution in [3.8, 4) is 0 Å². The number of nitrogens with one attached hydrogen (secondary N) is 1. The quantitative estimate of drug-likeness (QED) is 0.923. The number of halogens is 1. The highest BCUT2D eigenvalue weighted by Crippen LogP contribution is 2.30. The molecule has 1 aromatic rings. The molecule has 1 N–H and O–H groups in total. The molecule has 0 aromatic heterocycles. The van der Waals surface area contributed by atoms with Gasteiger partial charge in [0.1, 0.15) is 0 Å². The number of sulfonamides is 1. The molecule has 0 amide bonds. The third-order valence-corrected chi connectivity index (χ3v) is 6.49. The van der Waals surface area contributed by atoms with Crippen LogP contribution >= 0.6 is 11.6 Å². The number of rotatable bonds is 4. The molecule has 6 heteroatoms. The van der Waals surface area contributed by atoms with Crippen molar-refractivity contribution in [2.24, 2.45) is 0 Å². The Hall–Kier alpha value is -0.620. The van der Waals surface area contributed by atoms with Crippen LogP contribution in [0.3, 0.4) is 0 Å². The van der Waals surface area contributed by atoms with Crippen LogP contribution in [0, 0.1) is 6.92 Å². The van der Waals surface area contributed by atoms with Gasteiger partial charge in [0.25, 0.3) is 0 Å². The van der Waals surface area contributed by atoms with E-state index in [2.05, 4.69) is 5.32 Å². The fourth-order valence-electron chi connectivity index (χ4n) is 2.91. The molecule has 118 valence electrons. The second kappa shape index (κ2) is 6.65. The van der Waals surface area contributed by atoms with Gasteiger partial charge in [0.05, 0.1) is 4.90 Å². The predicted octanol–water partition coefficient (Wildman–Crippen LogP) is 2.93. The lowest BCUT2D eigenvalue weighted by molar-refractivity contribution is 0.268. The first-order chi connectivity index (χ1) is 9.87. The van der Waals surface area contributed by atoms with E-state index in [1.807, 2.05) is 27.0 Å². The van der Waals surface area contributed by atoms with Gasteiger partial charge in [-0.05, 0) is 57.0 Å². The van der Waals surface area contributed by atoms with Crippen LogP contribution in [-0.2, 0) is 16.6 Å². The summed E-state index contributed by atoms with van der Waals surface area (Å²) in [5.41, 5.74) is 1.71. The van der Waals surface area contributed by atoms with E-state index in [-0.39, 0.29) is 6.04 Å². The number of nitrogens with zero attached hydrogens (tertiary/aromatic N) is 1. The highest BCUT2D eigenvalue weighted by molar-refractivity contribution is 7.89. The lowest BCUT2D eigenvalue weighted by Crippen LogP contribution is -2.42. The second-order valence-electron chi connectivity index (χ2n) is 5.68. The van der Waals surface area contributed by atoms with E-state index in [1.165, 1.54) is 0 Å². The van der Waals surface area contributed by atoms with Gasteiger partial charge in [-0.2, -0.15) is 4.31 Å². The first-order valence-corrected chi connectivity index (χ1v) is 9.15. The first kappa shape index (κ1) is 16.7. The largest absolute Gasteiger partial charge is 0.316 e. The lowest BCUT2D eigenvalue weighted by Gasteiger charge is -2.33. The number of hydrogen-bond donors (Lipinski definition) is 1. The molecule has 0 spiro atoms. The maximum absolute atomic E-state index is 13.0. The zero-order chi connectivity index (χ0) is 15.6. The molecule has 1 aliphatic heterocycles. The minimum Gasteiger partial charge on any atom is -0.316 e. The second-order valence-corrected chi connectivity index (χ2v) is 7.97. The van der Waals surface area contributed by atoms with Crippen LogP contribution in [0.25, 0.3) is 0 Å². The summed E-state index contributed by atoms with van der Waals surface area (Å²) in [6.07, 6.45) is 2.93. The van der Waals surface area contributed by atoms with Crippen molar-refractivity contribution in [3.05, 3.63) is 28.3 Å². The van der Waals surface area contributed by atoms with Crippen LogP contribution in [0.4, 0.5) is 0 Å². The van der Waals surface area contributed by atoms with E-state index in [0.29, 0.717) is 23.0 Å². The third kappa shape index (κ3) is 3.42. The zero-order valence-electron chi connectivity index (χ0n) is 12.8. The molecule has 1 heterocycles. The molecule has 1 saturated heterocycles. The molecular formula is C15H23ClN2O2S. The molecule has 1 aliphatic rings. The molecule has 0 bridgehead atoms. The van der Waals surface area contributed by atoms with Crippen LogP contribution in [0.1, 0.15) is 37.3 Å². The van der Waals surface area contributed by atoms with E-state index in [0.717, 1.165) is 30.4 Å². The minimum absolute atomic E-state index is 0.0508. The molecule has 4 nitrogen and oxygen atoms in total. The Labute approximate surface area is 132 Å². The summed E-state index contributed by atoms with van der Waals surface area (Å²) in [6.45, 7) is 5.02. The van der Waals surface area contributed by atoms with Crippen LogP contribution < -0.4 is 5.32 Å². The summed E-state index contributed by atoms with van der Waals surface area (Å²) in [7, 11) is -1.65. The van der Waals surface area contributed by atoms with Crippen molar-refractivity contribution in [2.45, 2.75) is 50.6 Å². The first-order valence-electron chi connectivity index (χ1n) is 7.33. The van der Waals surface area contributed by atoms with Crippen molar-refractivity contribution in [1.29, 1.82) is 0 Å². The van der Waals surface area contributed by atoms with Gasteiger partial charge in [0.2, 0.25) is 10.0 Å². The fraction of sp³-hybridized carbons (Fsp3) is 0.600. The molecule has 0 aliphatic carbocycles. The molecule has 1 fully saturated rings. The van der Waals surface area contributed by atoms with Crippen molar-refractivity contribution >= 4 is 21.6 Å². The topological polar surface area (TPSA) is 49.4 Å². The summed E-state index contributed by atoms with van der Waals surface area (Å²) in [6, 6.07) is 3.45. The predicted molar refractivity (Wildman–Crippen MR) is 86.2 cm³/mol. The monoisotopic (exact) mass is 330 g/mol. The Bertz CT molecular complexity index is 616. The lowest BCUT2D eigenvalue weighted by atomic mass is 10.1. The normalized spacial score (nSPS) is 20.7. The average Bonchev–Trinajstić information content (AvgIpc) is 2.43. The van der Waals surface area contributed by atoms with E-state index in [4.69, 9.17) is 11.6 Å². The third-order valence-electron chi connectivity index (χ3n) is 4.13. The molecule has 1 unspecified atom stereocenters. The van der Waals surface area contributed by atoms with Gasteiger partial charge < -0.3 is 5.32 Å². The van der Waals surface area contributed by atoms with Crippen molar-refractivity contribution < 1.29 is 8.42 Å². The van der Waals surface area contributed by atoms with Gasteiger partial charge in [-0.3, -0.25) is 0 Å². The average molecular weight is 331 g/mol.